The number of rotatable bonds is 5. The van der Waals surface area contributed by atoms with E-state index in [2.05, 4.69) is 191 Å². The molecule has 4 aromatic heterocycles. The molecule has 0 saturated carbocycles. The third-order valence-corrected chi connectivity index (χ3v) is 13.1. The number of thiophene rings is 1. The summed E-state index contributed by atoms with van der Waals surface area (Å²) in [5.74, 6) is 0. The Kier molecular flexibility index (Phi) is 6.85. The van der Waals surface area contributed by atoms with Gasteiger partial charge in [0.25, 0.3) is 0 Å². The number of nitrogens with zero attached hydrogens (tertiary/aromatic N) is 2. The fourth-order valence-electron chi connectivity index (χ4n) is 9.44. The fraction of sp³-hybridized carbons (Fsp3) is 0. The monoisotopic (exact) mass is 772 g/mol. The standard InChI is InChI=1S/C54H32N2O2S/c1-2-13-33(14-3-1)56-45-22-7-4-15-36(45)40-19-11-23-46(53(40)56)55(34-28-30-48-44(31-34)37-16-5-8-24-47(37)57-48)35-27-29-38-41-20-10-21-42(54(41)58-49(38)32-35)39-18-12-26-51-52(39)43-17-6-9-25-50(43)59-51/h1-32H. The van der Waals surface area contributed by atoms with E-state index in [4.69, 9.17) is 8.83 Å². The first-order valence-electron chi connectivity index (χ1n) is 19.9. The molecule has 0 amide bonds. The van der Waals surface area contributed by atoms with Gasteiger partial charge in [0.1, 0.15) is 22.3 Å². The molecule has 0 fully saturated rings. The Labute approximate surface area is 342 Å². The largest absolute Gasteiger partial charge is 0.456 e. The summed E-state index contributed by atoms with van der Waals surface area (Å²) in [5.41, 5.74) is 12.2. The van der Waals surface area contributed by atoms with Crippen molar-refractivity contribution in [2.45, 2.75) is 0 Å². The first-order valence-corrected chi connectivity index (χ1v) is 20.7. The molecule has 0 bridgehead atoms. The lowest BCUT2D eigenvalue weighted by molar-refractivity contribution is 0.668. The molecule has 0 aliphatic heterocycles. The molecule has 0 aliphatic carbocycles. The van der Waals surface area contributed by atoms with E-state index in [0.717, 1.165) is 83.2 Å². The van der Waals surface area contributed by atoms with Gasteiger partial charge in [-0.1, -0.05) is 115 Å². The molecule has 5 heteroatoms. The van der Waals surface area contributed by atoms with Crippen LogP contribution in [0.5, 0.6) is 0 Å². The summed E-state index contributed by atoms with van der Waals surface area (Å²) in [7, 11) is 0. The zero-order valence-electron chi connectivity index (χ0n) is 31.6. The number of anilines is 3. The predicted molar refractivity (Wildman–Crippen MR) is 248 cm³/mol. The van der Waals surface area contributed by atoms with Crippen molar-refractivity contribution in [3.05, 3.63) is 194 Å². The molecular formula is C54H32N2O2S. The van der Waals surface area contributed by atoms with Crippen molar-refractivity contribution in [1.82, 2.24) is 4.57 Å². The number of benzene rings is 9. The molecular weight excluding hydrogens is 741 g/mol. The maximum atomic E-state index is 7.04. The smallest absolute Gasteiger partial charge is 0.143 e. The van der Waals surface area contributed by atoms with Gasteiger partial charge in [0.2, 0.25) is 0 Å². The van der Waals surface area contributed by atoms with Crippen LogP contribution in [0.25, 0.3) is 103 Å². The lowest BCUT2D eigenvalue weighted by Crippen LogP contribution is -2.11. The van der Waals surface area contributed by atoms with Crippen molar-refractivity contribution in [3.8, 4) is 16.8 Å². The first-order chi connectivity index (χ1) is 29.3. The second-order valence-electron chi connectivity index (χ2n) is 15.2. The van der Waals surface area contributed by atoms with E-state index in [1.54, 1.807) is 0 Å². The van der Waals surface area contributed by atoms with Gasteiger partial charge in [-0.15, -0.1) is 11.3 Å². The Morgan fingerprint density at radius 3 is 2.00 bits per heavy atom. The number of furan rings is 2. The van der Waals surface area contributed by atoms with Gasteiger partial charge in [-0.3, -0.25) is 0 Å². The van der Waals surface area contributed by atoms with Crippen molar-refractivity contribution in [2.24, 2.45) is 0 Å². The van der Waals surface area contributed by atoms with E-state index in [9.17, 15) is 0 Å². The van der Waals surface area contributed by atoms with Crippen LogP contribution in [-0.2, 0) is 0 Å². The van der Waals surface area contributed by atoms with Crippen LogP contribution in [-0.4, -0.2) is 4.57 Å². The quantitative estimate of drug-likeness (QED) is 0.175. The first kappa shape index (κ1) is 32.5. The molecule has 276 valence electrons. The normalized spacial score (nSPS) is 12.1. The van der Waals surface area contributed by atoms with Gasteiger partial charge in [-0.2, -0.15) is 0 Å². The summed E-state index contributed by atoms with van der Waals surface area (Å²) >= 11 is 1.84. The van der Waals surface area contributed by atoms with E-state index in [0.29, 0.717) is 0 Å². The van der Waals surface area contributed by atoms with Gasteiger partial charge in [-0.05, 0) is 78.4 Å². The molecule has 0 spiro atoms. The zero-order chi connectivity index (χ0) is 38.6. The molecule has 13 aromatic rings. The highest BCUT2D eigenvalue weighted by atomic mass is 32.1. The Morgan fingerprint density at radius 2 is 1.07 bits per heavy atom. The molecule has 0 N–H and O–H groups in total. The van der Waals surface area contributed by atoms with Gasteiger partial charge in [0.05, 0.1) is 16.7 Å². The van der Waals surface area contributed by atoms with Crippen molar-refractivity contribution < 1.29 is 8.83 Å². The summed E-state index contributed by atoms with van der Waals surface area (Å²) in [4.78, 5) is 2.38. The molecule has 0 saturated heterocycles. The Morgan fingerprint density at radius 1 is 0.407 bits per heavy atom. The Hall–Kier alpha value is -7.60. The maximum Gasteiger partial charge on any atom is 0.143 e. The third-order valence-electron chi connectivity index (χ3n) is 12.0. The highest BCUT2D eigenvalue weighted by Crippen LogP contribution is 2.47. The van der Waals surface area contributed by atoms with Crippen LogP contribution in [0.15, 0.2) is 203 Å². The van der Waals surface area contributed by atoms with Crippen molar-refractivity contribution >= 4 is 114 Å². The number of fused-ring (bicyclic) bond motifs is 12. The maximum absolute atomic E-state index is 7.04. The van der Waals surface area contributed by atoms with Crippen LogP contribution >= 0.6 is 11.3 Å². The molecule has 13 rings (SSSR count). The lowest BCUT2D eigenvalue weighted by Gasteiger charge is -2.27. The topological polar surface area (TPSA) is 34.5 Å². The van der Waals surface area contributed by atoms with Crippen LogP contribution in [0.3, 0.4) is 0 Å². The van der Waals surface area contributed by atoms with Gasteiger partial charge in [0.15, 0.2) is 0 Å². The second-order valence-corrected chi connectivity index (χ2v) is 16.3. The van der Waals surface area contributed by atoms with E-state index in [1.807, 2.05) is 23.5 Å². The highest BCUT2D eigenvalue weighted by Gasteiger charge is 2.24. The molecule has 9 aromatic carbocycles. The highest BCUT2D eigenvalue weighted by molar-refractivity contribution is 7.25. The van der Waals surface area contributed by atoms with E-state index in [-0.39, 0.29) is 0 Å². The number of hydrogen-bond acceptors (Lipinski definition) is 4. The molecule has 0 atom stereocenters. The predicted octanol–water partition coefficient (Wildman–Crippen LogP) is 16.1. The van der Waals surface area contributed by atoms with E-state index < -0.39 is 0 Å². The minimum Gasteiger partial charge on any atom is -0.456 e. The minimum atomic E-state index is 0.836. The van der Waals surface area contributed by atoms with E-state index >= 15 is 0 Å². The molecule has 59 heavy (non-hydrogen) atoms. The molecule has 0 unspecified atom stereocenters. The van der Waals surface area contributed by atoms with Crippen molar-refractivity contribution in [3.63, 3.8) is 0 Å². The second kappa shape index (κ2) is 12.4. The van der Waals surface area contributed by atoms with Gasteiger partial charge in [-0.25, -0.2) is 0 Å². The summed E-state index contributed by atoms with van der Waals surface area (Å²) in [5, 5.41) is 9.30. The average molecular weight is 773 g/mol. The number of hydrogen-bond donors (Lipinski definition) is 0. The molecule has 4 heterocycles. The Bertz CT molecular complexity index is 3810. The fourth-order valence-corrected chi connectivity index (χ4v) is 10.6. The van der Waals surface area contributed by atoms with Crippen molar-refractivity contribution in [2.75, 3.05) is 4.90 Å². The lowest BCUT2D eigenvalue weighted by atomic mass is 9.97. The molecule has 0 aliphatic rings. The minimum absolute atomic E-state index is 0.836. The average Bonchev–Trinajstić information content (AvgIpc) is 4.06. The third kappa shape index (κ3) is 4.77. The van der Waals surface area contributed by atoms with Crippen LogP contribution < -0.4 is 4.90 Å². The molecule has 4 nitrogen and oxygen atoms in total. The van der Waals surface area contributed by atoms with Gasteiger partial charge >= 0.3 is 0 Å². The van der Waals surface area contributed by atoms with Gasteiger partial charge < -0.3 is 18.3 Å². The van der Waals surface area contributed by atoms with Crippen molar-refractivity contribution in [1.29, 1.82) is 0 Å². The van der Waals surface area contributed by atoms with Crippen LogP contribution in [0.2, 0.25) is 0 Å². The van der Waals surface area contributed by atoms with Crippen LogP contribution in [0, 0.1) is 0 Å². The Balaban J connectivity index is 1.08. The van der Waals surface area contributed by atoms with Crippen LogP contribution in [0.1, 0.15) is 0 Å². The van der Waals surface area contributed by atoms with E-state index in [1.165, 1.54) is 36.5 Å². The number of aromatic nitrogens is 1. The summed E-state index contributed by atoms with van der Waals surface area (Å²) in [6.07, 6.45) is 0. The molecule has 0 radical (unpaired) electrons. The summed E-state index contributed by atoms with van der Waals surface area (Å²) < 4.78 is 18.3. The van der Waals surface area contributed by atoms with Crippen LogP contribution in [0.4, 0.5) is 17.1 Å². The van der Waals surface area contributed by atoms with Gasteiger partial charge in [0, 0.05) is 81.2 Å². The summed E-state index contributed by atoms with van der Waals surface area (Å²) in [6, 6.07) is 69.4. The zero-order valence-corrected chi connectivity index (χ0v) is 32.4. The SMILES string of the molecule is c1ccc(-n2c3ccccc3c3cccc(N(c4ccc5c(c4)oc4c(-c6cccc7sc8ccccc8c67)cccc45)c4ccc5oc6ccccc6c5c4)c32)cc1. The summed E-state index contributed by atoms with van der Waals surface area (Å²) in [6.45, 7) is 0. The number of para-hydroxylation sites is 5.